The van der Waals surface area contributed by atoms with E-state index in [1.54, 1.807) is 6.21 Å². The Bertz CT molecular complexity index is 766. The molecule has 0 saturated carbocycles. The summed E-state index contributed by atoms with van der Waals surface area (Å²) in [6.45, 7) is 6.21. The maximum atomic E-state index is 11.9. The molecule has 0 spiro atoms. The molecule has 1 amide bonds. The van der Waals surface area contributed by atoms with Crippen molar-refractivity contribution in [3.63, 3.8) is 0 Å². The van der Waals surface area contributed by atoms with E-state index >= 15 is 0 Å². The Balaban J connectivity index is 1.93. The first-order chi connectivity index (χ1) is 11.8. The normalized spacial score (nSPS) is 11.6. The number of hydrazone groups is 1. The van der Waals surface area contributed by atoms with Gasteiger partial charge in [-0.15, -0.1) is 0 Å². The summed E-state index contributed by atoms with van der Waals surface area (Å²) in [4.78, 5) is 11.9. The standard InChI is InChI=1S/C19H20Br2N2O2/c1-19(2,3)16-10-15(21)8-9-17(16)25-12-18(24)23-22-11-13-4-6-14(20)7-5-13/h4-11H,12H2,1-3H3,(H,23,24)/b22-11+. The first-order valence-electron chi connectivity index (χ1n) is 7.76. The maximum Gasteiger partial charge on any atom is 0.277 e. The molecule has 2 rings (SSSR count). The molecule has 132 valence electrons. The molecule has 0 atom stereocenters. The van der Waals surface area contributed by atoms with Crippen LogP contribution in [0.5, 0.6) is 5.75 Å². The lowest BCUT2D eigenvalue weighted by atomic mass is 9.86. The highest BCUT2D eigenvalue weighted by Gasteiger charge is 2.19. The highest BCUT2D eigenvalue weighted by Crippen LogP contribution is 2.33. The first-order valence-corrected chi connectivity index (χ1v) is 9.34. The van der Waals surface area contributed by atoms with Crippen molar-refractivity contribution < 1.29 is 9.53 Å². The zero-order valence-corrected chi connectivity index (χ0v) is 17.5. The Morgan fingerprint density at radius 3 is 2.40 bits per heavy atom. The number of amides is 1. The van der Waals surface area contributed by atoms with Crippen LogP contribution in [0.25, 0.3) is 0 Å². The lowest BCUT2D eigenvalue weighted by Crippen LogP contribution is -2.25. The summed E-state index contributed by atoms with van der Waals surface area (Å²) >= 11 is 6.84. The molecule has 2 aromatic carbocycles. The van der Waals surface area contributed by atoms with Crippen molar-refractivity contribution in [2.75, 3.05) is 6.61 Å². The molecular weight excluding hydrogens is 448 g/mol. The van der Waals surface area contributed by atoms with Crippen LogP contribution in [0.1, 0.15) is 31.9 Å². The summed E-state index contributed by atoms with van der Waals surface area (Å²) in [5.41, 5.74) is 4.31. The summed E-state index contributed by atoms with van der Waals surface area (Å²) in [7, 11) is 0. The molecule has 0 aliphatic rings. The molecule has 4 nitrogen and oxygen atoms in total. The smallest absolute Gasteiger partial charge is 0.277 e. The number of hydrogen-bond donors (Lipinski definition) is 1. The molecule has 0 unspecified atom stereocenters. The maximum absolute atomic E-state index is 11.9. The monoisotopic (exact) mass is 466 g/mol. The van der Waals surface area contributed by atoms with Gasteiger partial charge < -0.3 is 4.74 Å². The fourth-order valence-corrected chi connectivity index (χ4v) is 2.74. The summed E-state index contributed by atoms with van der Waals surface area (Å²) in [6.07, 6.45) is 1.59. The minimum absolute atomic E-state index is 0.0880. The Kier molecular flexibility index (Phi) is 6.79. The van der Waals surface area contributed by atoms with Gasteiger partial charge in [-0.05, 0) is 41.3 Å². The van der Waals surface area contributed by atoms with Gasteiger partial charge in [0.15, 0.2) is 6.61 Å². The molecule has 0 radical (unpaired) electrons. The van der Waals surface area contributed by atoms with Gasteiger partial charge in [-0.25, -0.2) is 5.43 Å². The molecule has 1 N–H and O–H groups in total. The van der Waals surface area contributed by atoms with Crippen LogP contribution in [-0.4, -0.2) is 18.7 Å². The first kappa shape index (κ1) is 19.7. The number of carbonyl (C=O) groups is 1. The van der Waals surface area contributed by atoms with Gasteiger partial charge in [0.25, 0.3) is 5.91 Å². The van der Waals surface area contributed by atoms with Crippen molar-refractivity contribution in [1.82, 2.24) is 5.43 Å². The summed E-state index contributed by atoms with van der Waals surface area (Å²) in [5.74, 6) is 0.388. The van der Waals surface area contributed by atoms with Gasteiger partial charge in [-0.3, -0.25) is 4.79 Å². The van der Waals surface area contributed by atoms with E-state index in [2.05, 4.69) is 63.2 Å². The Morgan fingerprint density at radius 2 is 1.76 bits per heavy atom. The number of benzene rings is 2. The van der Waals surface area contributed by atoms with Crippen LogP contribution >= 0.6 is 31.9 Å². The molecule has 6 heteroatoms. The van der Waals surface area contributed by atoms with Crippen LogP contribution in [0.2, 0.25) is 0 Å². The van der Waals surface area contributed by atoms with Crippen molar-refractivity contribution in [1.29, 1.82) is 0 Å². The number of halogens is 2. The van der Waals surface area contributed by atoms with Crippen LogP contribution < -0.4 is 10.2 Å². The highest BCUT2D eigenvalue weighted by molar-refractivity contribution is 9.10. The molecule has 0 fully saturated rings. The molecule has 0 bridgehead atoms. The van der Waals surface area contributed by atoms with Gasteiger partial charge in [0.1, 0.15) is 5.75 Å². The fourth-order valence-electron chi connectivity index (χ4n) is 2.12. The third-order valence-corrected chi connectivity index (χ3v) is 4.40. The van der Waals surface area contributed by atoms with E-state index in [-0.39, 0.29) is 17.9 Å². The Hall–Kier alpha value is -1.66. The minimum Gasteiger partial charge on any atom is -0.483 e. The highest BCUT2D eigenvalue weighted by atomic mass is 79.9. The molecule has 0 aliphatic carbocycles. The molecule has 2 aromatic rings. The molecule has 0 aromatic heterocycles. The Morgan fingerprint density at radius 1 is 1.12 bits per heavy atom. The summed E-state index contributed by atoms with van der Waals surface area (Å²) < 4.78 is 7.66. The molecular formula is C19H20Br2N2O2. The SMILES string of the molecule is CC(C)(C)c1cc(Br)ccc1OCC(=O)N/N=C/c1ccc(Br)cc1. The van der Waals surface area contributed by atoms with Crippen molar-refractivity contribution >= 4 is 44.0 Å². The number of nitrogens with zero attached hydrogens (tertiary/aromatic N) is 1. The molecule has 25 heavy (non-hydrogen) atoms. The van der Waals surface area contributed by atoms with E-state index in [9.17, 15) is 4.79 Å². The van der Waals surface area contributed by atoms with E-state index in [1.807, 2.05) is 42.5 Å². The number of hydrogen-bond acceptors (Lipinski definition) is 3. The average molecular weight is 468 g/mol. The number of rotatable bonds is 5. The fraction of sp³-hybridized carbons (Fsp3) is 0.263. The average Bonchev–Trinajstić information content (AvgIpc) is 2.54. The van der Waals surface area contributed by atoms with Crippen molar-refractivity contribution in [3.8, 4) is 5.75 Å². The van der Waals surface area contributed by atoms with E-state index in [0.29, 0.717) is 5.75 Å². The van der Waals surface area contributed by atoms with Crippen LogP contribution in [0, 0.1) is 0 Å². The Labute approximate surface area is 164 Å². The molecule has 0 heterocycles. The second-order valence-electron chi connectivity index (χ2n) is 6.52. The summed E-state index contributed by atoms with van der Waals surface area (Å²) in [5, 5.41) is 3.94. The second kappa shape index (κ2) is 8.63. The second-order valence-corrected chi connectivity index (χ2v) is 8.36. The van der Waals surface area contributed by atoms with E-state index < -0.39 is 0 Å². The van der Waals surface area contributed by atoms with Crippen LogP contribution in [0.4, 0.5) is 0 Å². The largest absolute Gasteiger partial charge is 0.483 e. The predicted octanol–water partition coefficient (Wildman–Crippen LogP) is 5.04. The van der Waals surface area contributed by atoms with Gasteiger partial charge in [0.05, 0.1) is 6.21 Å². The van der Waals surface area contributed by atoms with Crippen molar-refractivity contribution in [2.24, 2.45) is 5.10 Å². The number of ether oxygens (including phenoxy) is 1. The van der Waals surface area contributed by atoms with Gasteiger partial charge in [-0.2, -0.15) is 5.10 Å². The van der Waals surface area contributed by atoms with Crippen LogP contribution in [0.15, 0.2) is 56.5 Å². The van der Waals surface area contributed by atoms with E-state index in [4.69, 9.17) is 4.74 Å². The van der Waals surface area contributed by atoms with Crippen molar-refractivity contribution in [2.45, 2.75) is 26.2 Å². The zero-order valence-electron chi connectivity index (χ0n) is 14.3. The summed E-state index contributed by atoms with van der Waals surface area (Å²) in [6, 6.07) is 13.4. The van der Waals surface area contributed by atoms with Crippen LogP contribution in [0.3, 0.4) is 0 Å². The van der Waals surface area contributed by atoms with E-state index in [0.717, 1.165) is 20.1 Å². The zero-order chi connectivity index (χ0) is 18.4. The van der Waals surface area contributed by atoms with Crippen molar-refractivity contribution in [3.05, 3.63) is 62.5 Å². The lowest BCUT2D eigenvalue weighted by Gasteiger charge is -2.23. The van der Waals surface area contributed by atoms with Gasteiger partial charge in [0.2, 0.25) is 0 Å². The quantitative estimate of drug-likeness (QED) is 0.494. The topological polar surface area (TPSA) is 50.7 Å². The molecule has 0 aliphatic heterocycles. The minimum atomic E-state index is -0.309. The third kappa shape index (κ3) is 6.29. The van der Waals surface area contributed by atoms with E-state index in [1.165, 1.54) is 0 Å². The third-order valence-electron chi connectivity index (χ3n) is 3.38. The van der Waals surface area contributed by atoms with Crippen LogP contribution in [-0.2, 0) is 10.2 Å². The van der Waals surface area contributed by atoms with Gasteiger partial charge in [-0.1, -0.05) is 64.8 Å². The van der Waals surface area contributed by atoms with Gasteiger partial charge in [0, 0.05) is 14.5 Å². The van der Waals surface area contributed by atoms with Gasteiger partial charge >= 0.3 is 0 Å². The molecule has 0 saturated heterocycles. The number of carbonyl (C=O) groups excluding carboxylic acids is 1. The number of nitrogens with one attached hydrogen (secondary N) is 1. The predicted molar refractivity (Wildman–Crippen MR) is 108 cm³/mol. The lowest BCUT2D eigenvalue weighted by molar-refractivity contribution is -0.123.